The summed E-state index contributed by atoms with van der Waals surface area (Å²) in [4.78, 5) is 0. The van der Waals surface area contributed by atoms with Crippen molar-refractivity contribution in [3.63, 3.8) is 0 Å². The van der Waals surface area contributed by atoms with Gasteiger partial charge in [0.2, 0.25) is 0 Å². The summed E-state index contributed by atoms with van der Waals surface area (Å²) in [6.45, 7) is 3.33. The van der Waals surface area contributed by atoms with Crippen molar-refractivity contribution in [1.29, 1.82) is 0 Å². The van der Waals surface area contributed by atoms with Crippen LogP contribution in [0.25, 0.3) is 0 Å². The van der Waals surface area contributed by atoms with Gasteiger partial charge in [0.15, 0.2) is 0 Å². The zero-order valence-corrected chi connectivity index (χ0v) is 11.3. The fourth-order valence-corrected chi connectivity index (χ4v) is 4.19. The zero-order chi connectivity index (χ0) is 10.4. The number of halogens is 1. The lowest BCUT2D eigenvalue weighted by atomic mass is 9.89. The van der Waals surface area contributed by atoms with Crippen molar-refractivity contribution in [3.05, 3.63) is 15.5 Å². The molecule has 1 heterocycles. The van der Waals surface area contributed by atoms with E-state index in [2.05, 4.69) is 45.4 Å². The number of nitrogens with zero attached hydrogens (tertiary/aromatic N) is 2. The van der Waals surface area contributed by atoms with Gasteiger partial charge in [-0.3, -0.25) is 4.68 Å². The Morgan fingerprint density at radius 1 is 1.47 bits per heavy atom. The average Bonchev–Trinajstić information content (AvgIpc) is 2.83. The van der Waals surface area contributed by atoms with Gasteiger partial charge in [-0.05, 0) is 72.6 Å². The van der Waals surface area contributed by atoms with Gasteiger partial charge in [-0.25, -0.2) is 0 Å². The van der Waals surface area contributed by atoms with Gasteiger partial charge in [0.1, 0.15) is 3.70 Å². The van der Waals surface area contributed by atoms with Crippen molar-refractivity contribution in [1.82, 2.24) is 9.78 Å². The smallest absolute Gasteiger partial charge is 0.123 e. The molecule has 0 amide bonds. The van der Waals surface area contributed by atoms with E-state index in [-0.39, 0.29) is 0 Å². The van der Waals surface area contributed by atoms with Crippen LogP contribution in [0.4, 0.5) is 0 Å². The predicted octanol–water partition coefficient (Wildman–Crippen LogP) is 3.23. The van der Waals surface area contributed by atoms with Gasteiger partial charge < -0.3 is 0 Å². The van der Waals surface area contributed by atoms with E-state index in [0.717, 1.165) is 28.0 Å². The molecule has 0 radical (unpaired) electrons. The summed E-state index contributed by atoms with van der Waals surface area (Å²) in [5, 5.41) is 4.56. The Bertz CT molecular complexity index is 372. The third kappa shape index (κ3) is 1.83. The standard InChI is InChI=1S/C12H17IN2/c1-8-4-12(13)14-15(8)7-11-6-9-2-3-10(11)5-9/h4,9-11H,2-3,5-7H2,1H3. The minimum atomic E-state index is 0.915. The lowest BCUT2D eigenvalue weighted by molar-refractivity contribution is 0.283. The van der Waals surface area contributed by atoms with Crippen LogP contribution in [0, 0.1) is 28.4 Å². The number of aryl methyl sites for hydroxylation is 1. The molecular weight excluding hydrogens is 299 g/mol. The molecule has 0 aromatic carbocycles. The fourth-order valence-electron chi connectivity index (χ4n) is 3.48. The van der Waals surface area contributed by atoms with Gasteiger partial charge in [0, 0.05) is 12.2 Å². The molecule has 0 spiro atoms. The van der Waals surface area contributed by atoms with Crippen LogP contribution in [0.3, 0.4) is 0 Å². The van der Waals surface area contributed by atoms with E-state index in [9.17, 15) is 0 Å². The molecule has 3 heteroatoms. The quantitative estimate of drug-likeness (QED) is 0.766. The first-order valence-electron chi connectivity index (χ1n) is 5.92. The minimum Gasteiger partial charge on any atom is -0.269 e. The second-order valence-electron chi connectivity index (χ2n) is 5.23. The van der Waals surface area contributed by atoms with Crippen molar-refractivity contribution < 1.29 is 0 Å². The molecule has 2 aliphatic carbocycles. The third-order valence-corrected chi connectivity index (χ3v) is 4.77. The maximum Gasteiger partial charge on any atom is 0.123 e. The second-order valence-corrected chi connectivity index (χ2v) is 6.33. The molecule has 2 aliphatic rings. The van der Waals surface area contributed by atoms with Crippen LogP contribution in [-0.4, -0.2) is 9.78 Å². The largest absolute Gasteiger partial charge is 0.269 e. The Labute approximate surface area is 105 Å². The molecule has 3 rings (SSSR count). The summed E-state index contributed by atoms with van der Waals surface area (Å²) in [6, 6.07) is 2.17. The number of hydrogen-bond acceptors (Lipinski definition) is 1. The first-order valence-corrected chi connectivity index (χ1v) is 7.00. The van der Waals surface area contributed by atoms with Gasteiger partial charge in [-0.1, -0.05) is 6.42 Å². The fraction of sp³-hybridized carbons (Fsp3) is 0.750. The van der Waals surface area contributed by atoms with E-state index >= 15 is 0 Å². The number of rotatable bonds is 2. The van der Waals surface area contributed by atoms with Crippen molar-refractivity contribution in [2.45, 2.75) is 39.2 Å². The molecule has 2 nitrogen and oxygen atoms in total. The minimum absolute atomic E-state index is 0.915. The highest BCUT2D eigenvalue weighted by Gasteiger charge is 2.39. The van der Waals surface area contributed by atoms with Crippen LogP contribution in [0.5, 0.6) is 0 Å². The highest BCUT2D eigenvalue weighted by Crippen LogP contribution is 2.48. The van der Waals surface area contributed by atoms with E-state index in [0.29, 0.717) is 0 Å². The first-order chi connectivity index (χ1) is 7.22. The lowest BCUT2D eigenvalue weighted by Crippen LogP contribution is -2.18. The van der Waals surface area contributed by atoms with Gasteiger partial charge in [-0.2, -0.15) is 5.10 Å². The Kier molecular flexibility index (Phi) is 2.53. The van der Waals surface area contributed by atoms with Gasteiger partial charge in [0.05, 0.1) is 0 Å². The molecule has 3 atom stereocenters. The SMILES string of the molecule is Cc1cc(I)nn1CC1CC2CCC1C2. The summed E-state index contributed by atoms with van der Waals surface area (Å²) in [6.07, 6.45) is 5.94. The Hall–Kier alpha value is -0.0600. The Morgan fingerprint density at radius 2 is 2.33 bits per heavy atom. The molecule has 0 N–H and O–H groups in total. The van der Waals surface area contributed by atoms with Crippen LogP contribution in [0.2, 0.25) is 0 Å². The molecule has 0 aliphatic heterocycles. The first kappa shape index (κ1) is 10.1. The Balaban J connectivity index is 1.73. The van der Waals surface area contributed by atoms with Crippen LogP contribution in [-0.2, 0) is 6.54 Å². The number of hydrogen-bond donors (Lipinski definition) is 0. The van der Waals surface area contributed by atoms with Crippen molar-refractivity contribution in [3.8, 4) is 0 Å². The molecule has 82 valence electrons. The van der Waals surface area contributed by atoms with E-state index in [1.807, 2.05) is 0 Å². The molecule has 3 unspecified atom stereocenters. The second kappa shape index (κ2) is 3.75. The number of aromatic nitrogens is 2. The van der Waals surface area contributed by atoms with Crippen LogP contribution < -0.4 is 0 Å². The Morgan fingerprint density at radius 3 is 2.87 bits per heavy atom. The monoisotopic (exact) mass is 316 g/mol. The predicted molar refractivity (Wildman–Crippen MR) is 68.6 cm³/mol. The van der Waals surface area contributed by atoms with E-state index in [4.69, 9.17) is 0 Å². The summed E-state index contributed by atoms with van der Waals surface area (Å²) < 4.78 is 3.35. The topological polar surface area (TPSA) is 17.8 Å². The van der Waals surface area contributed by atoms with Crippen LogP contribution >= 0.6 is 22.6 Å². The highest BCUT2D eigenvalue weighted by atomic mass is 127. The summed E-state index contributed by atoms with van der Waals surface area (Å²) in [7, 11) is 0. The molecule has 2 saturated carbocycles. The van der Waals surface area contributed by atoms with Crippen molar-refractivity contribution in [2.24, 2.45) is 17.8 Å². The van der Waals surface area contributed by atoms with Gasteiger partial charge >= 0.3 is 0 Å². The lowest BCUT2D eigenvalue weighted by Gasteiger charge is -2.21. The maximum absolute atomic E-state index is 4.56. The molecule has 1 aromatic rings. The maximum atomic E-state index is 4.56. The summed E-state index contributed by atoms with van der Waals surface area (Å²) >= 11 is 2.30. The van der Waals surface area contributed by atoms with Crippen molar-refractivity contribution in [2.75, 3.05) is 0 Å². The third-order valence-electron chi connectivity index (χ3n) is 4.24. The molecular formula is C12H17IN2. The summed E-state index contributed by atoms with van der Waals surface area (Å²) in [5.41, 5.74) is 1.32. The number of fused-ring (bicyclic) bond motifs is 2. The average molecular weight is 316 g/mol. The normalized spacial score (nSPS) is 33.9. The van der Waals surface area contributed by atoms with E-state index < -0.39 is 0 Å². The van der Waals surface area contributed by atoms with E-state index in [1.165, 1.54) is 31.4 Å². The van der Waals surface area contributed by atoms with Crippen LogP contribution in [0.15, 0.2) is 6.07 Å². The molecule has 15 heavy (non-hydrogen) atoms. The van der Waals surface area contributed by atoms with Crippen molar-refractivity contribution >= 4 is 22.6 Å². The molecule has 0 saturated heterocycles. The van der Waals surface area contributed by atoms with E-state index in [1.54, 1.807) is 0 Å². The zero-order valence-electron chi connectivity index (χ0n) is 9.12. The van der Waals surface area contributed by atoms with Gasteiger partial charge in [-0.15, -0.1) is 0 Å². The molecule has 1 aromatic heterocycles. The van der Waals surface area contributed by atoms with Gasteiger partial charge in [0.25, 0.3) is 0 Å². The molecule has 2 bridgehead atoms. The summed E-state index contributed by atoms with van der Waals surface area (Å²) in [5.74, 6) is 2.98. The van der Waals surface area contributed by atoms with Crippen LogP contribution in [0.1, 0.15) is 31.4 Å². The highest BCUT2D eigenvalue weighted by molar-refractivity contribution is 14.1. The molecule has 2 fully saturated rings.